The third-order valence-electron chi connectivity index (χ3n) is 4.84. The lowest BCUT2D eigenvalue weighted by molar-refractivity contribution is -0.130. The quantitative estimate of drug-likeness (QED) is 0.720. The predicted molar refractivity (Wildman–Crippen MR) is 99.4 cm³/mol. The number of H-pyrrole nitrogens is 1. The standard InChI is InChI=1S/C19H23FN6O/c1-25(12-18-22-16-5-3-13(20)9-17(16)23-18)19(27)6-4-14-10-15-11-21-7-2-8-26(15)24-14/h3,5,9-10,21H,2,4,6-8,11-12H2,1H3,(H,22,23). The molecular formula is C19H23FN6O. The molecule has 0 saturated heterocycles. The van der Waals surface area contributed by atoms with E-state index in [2.05, 4.69) is 26.4 Å². The lowest BCUT2D eigenvalue weighted by Crippen LogP contribution is -2.27. The number of carbonyl (C=O) groups excluding carboxylic acids is 1. The molecule has 1 aliphatic heterocycles. The zero-order valence-corrected chi connectivity index (χ0v) is 15.3. The summed E-state index contributed by atoms with van der Waals surface area (Å²) < 4.78 is 15.3. The monoisotopic (exact) mass is 370 g/mol. The van der Waals surface area contributed by atoms with Gasteiger partial charge in [0.25, 0.3) is 0 Å². The van der Waals surface area contributed by atoms with E-state index in [1.165, 1.54) is 17.8 Å². The summed E-state index contributed by atoms with van der Waals surface area (Å²) in [6, 6.07) is 6.50. The maximum absolute atomic E-state index is 13.3. The number of aromatic amines is 1. The maximum Gasteiger partial charge on any atom is 0.223 e. The Morgan fingerprint density at radius 2 is 2.26 bits per heavy atom. The van der Waals surface area contributed by atoms with Crippen LogP contribution in [-0.4, -0.2) is 44.1 Å². The fourth-order valence-electron chi connectivity index (χ4n) is 3.39. The van der Waals surface area contributed by atoms with E-state index in [1.54, 1.807) is 18.0 Å². The van der Waals surface area contributed by atoms with Crippen molar-refractivity contribution in [3.05, 3.63) is 47.3 Å². The number of imidazole rings is 1. The van der Waals surface area contributed by atoms with Crippen molar-refractivity contribution in [2.24, 2.45) is 0 Å². The Bertz CT molecular complexity index is 939. The zero-order chi connectivity index (χ0) is 18.8. The van der Waals surface area contributed by atoms with Gasteiger partial charge in [-0.2, -0.15) is 5.10 Å². The van der Waals surface area contributed by atoms with E-state index in [-0.39, 0.29) is 11.7 Å². The number of hydrogen-bond acceptors (Lipinski definition) is 4. The summed E-state index contributed by atoms with van der Waals surface area (Å²) in [6.07, 6.45) is 2.08. The van der Waals surface area contributed by atoms with Gasteiger partial charge in [-0.15, -0.1) is 0 Å². The minimum absolute atomic E-state index is 0.0305. The first-order valence-corrected chi connectivity index (χ1v) is 9.23. The summed E-state index contributed by atoms with van der Waals surface area (Å²) in [4.78, 5) is 21.6. The van der Waals surface area contributed by atoms with E-state index >= 15 is 0 Å². The highest BCUT2D eigenvalue weighted by atomic mass is 19.1. The molecule has 0 radical (unpaired) electrons. The fourth-order valence-corrected chi connectivity index (χ4v) is 3.39. The van der Waals surface area contributed by atoms with Crippen molar-refractivity contribution in [3.8, 4) is 0 Å². The Balaban J connectivity index is 1.34. The summed E-state index contributed by atoms with van der Waals surface area (Å²) in [6.45, 7) is 3.12. The van der Waals surface area contributed by atoms with Crippen LogP contribution in [0, 0.1) is 5.82 Å². The van der Waals surface area contributed by atoms with Crippen molar-refractivity contribution in [1.29, 1.82) is 0 Å². The summed E-state index contributed by atoms with van der Waals surface area (Å²) in [5.41, 5.74) is 3.46. The molecule has 1 aliphatic rings. The summed E-state index contributed by atoms with van der Waals surface area (Å²) in [5, 5.41) is 7.99. The molecule has 1 aromatic carbocycles. The Kier molecular flexibility index (Phi) is 4.89. The van der Waals surface area contributed by atoms with E-state index in [9.17, 15) is 9.18 Å². The van der Waals surface area contributed by atoms with E-state index in [0.717, 1.165) is 31.7 Å². The van der Waals surface area contributed by atoms with Gasteiger partial charge in [0.05, 0.1) is 29.0 Å². The molecule has 3 aromatic rings. The molecule has 2 N–H and O–H groups in total. The number of benzene rings is 1. The molecule has 0 fully saturated rings. The van der Waals surface area contributed by atoms with Crippen LogP contribution < -0.4 is 5.32 Å². The number of hydrogen-bond donors (Lipinski definition) is 2. The largest absolute Gasteiger partial charge is 0.340 e. The first kappa shape index (κ1) is 17.7. The second-order valence-electron chi connectivity index (χ2n) is 6.98. The van der Waals surface area contributed by atoms with Gasteiger partial charge in [-0.05, 0) is 37.2 Å². The number of aryl methyl sites for hydroxylation is 2. The smallest absolute Gasteiger partial charge is 0.223 e. The van der Waals surface area contributed by atoms with Crippen LogP contribution in [0.2, 0.25) is 0 Å². The minimum Gasteiger partial charge on any atom is -0.340 e. The predicted octanol–water partition coefficient (Wildman–Crippen LogP) is 1.98. The lowest BCUT2D eigenvalue weighted by Gasteiger charge is -2.15. The van der Waals surface area contributed by atoms with Gasteiger partial charge in [0.2, 0.25) is 5.91 Å². The Hall–Kier alpha value is -2.74. The molecule has 1 amide bonds. The number of rotatable bonds is 5. The van der Waals surface area contributed by atoms with Crippen LogP contribution in [0.1, 0.15) is 30.1 Å². The van der Waals surface area contributed by atoms with Gasteiger partial charge < -0.3 is 15.2 Å². The molecular weight excluding hydrogens is 347 g/mol. The molecule has 0 spiro atoms. The summed E-state index contributed by atoms with van der Waals surface area (Å²) in [5.74, 6) is 0.366. The summed E-state index contributed by atoms with van der Waals surface area (Å²) >= 11 is 0. The van der Waals surface area contributed by atoms with Gasteiger partial charge in [0.15, 0.2) is 0 Å². The molecule has 4 rings (SSSR count). The Labute approximate surface area is 156 Å². The van der Waals surface area contributed by atoms with Crippen molar-refractivity contribution in [2.75, 3.05) is 13.6 Å². The topological polar surface area (TPSA) is 78.8 Å². The average Bonchev–Trinajstić information content (AvgIpc) is 3.15. The van der Waals surface area contributed by atoms with Gasteiger partial charge in [0.1, 0.15) is 11.6 Å². The Morgan fingerprint density at radius 3 is 3.15 bits per heavy atom. The Morgan fingerprint density at radius 1 is 1.37 bits per heavy atom. The molecule has 0 aliphatic carbocycles. The number of fused-ring (bicyclic) bond motifs is 2. The van der Waals surface area contributed by atoms with Crippen molar-refractivity contribution in [3.63, 3.8) is 0 Å². The third-order valence-corrected chi connectivity index (χ3v) is 4.84. The van der Waals surface area contributed by atoms with Crippen LogP contribution in [0.25, 0.3) is 11.0 Å². The molecule has 3 heterocycles. The normalized spacial score (nSPS) is 14.1. The van der Waals surface area contributed by atoms with E-state index in [0.29, 0.717) is 36.2 Å². The van der Waals surface area contributed by atoms with Gasteiger partial charge >= 0.3 is 0 Å². The molecule has 2 aromatic heterocycles. The summed E-state index contributed by atoms with van der Waals surface area (Å²) in [7, 11) is 1.75. The first-order valence-electron chi connectivity index (χ1n) is 9.23. The van der Waals surface area contributed by atoms with Crippen molar-refractivity contribution in [1.82, 2.24) is 30.0 Å². The van der Waals surface area contributed by atoms with E-state index in [1.807, 2.05) is 4.68 Å². The molecule has 0 unspecified atom stereocenters. The number of nitrogens with zero attached hydrogens (tertiary/aromatic N) is 4. The van der Waals surface area contributed by atoms with Crippen LogP contribution in [0.3, 0.4) is 0 Å². The minimum atomic E-state index is -0.309. The lowest BCUT2D eigenvalue weighted by atomic mass is 10.2. The zero-order valence-electron chi connectivity index (χ0n) is 15.3. The maximum atomic E-state index is 13.3. The van der Waals surface area contributed by atoms with Crippen LogP contribution in [0.15, 0.2) is 24.3 Å². The number of aromatic nitrogens is 4. The molecule has 0 saturated carbocycles. The highest BCUT2D eigenvalue weighted by molar-refractivity contribution is 5.77. The van der Waals surface area contributed by atoms with Crippen LogP contribution in [0.4, 0.5) is 4.39 Å². The van der Waals surface area contributed by atoms with Crippen molar-refractivity contribution >= 4 is 16.9 Å². The molecule has 8 heteroatoms. The molecule has 27 heavy (non-hydrogen) atoms. The molecule has 7 nitrogen and oxygen atoms in total. The highest BCUT2D eigenvalue weighted by Gasteiger charge is 2.15. The van der Waals surface area contributed by atoms with Gasteiger partial charge in [-0.25, -0.2) is 9.37 Å². The second-order valence-corrected chi connectivity index (χ2v) is 6.98. The average molecular weight is 370 g/mol. The van der Waals surface area contributed by atoms with E-state index in [4.69, 9.17) is 0 Å². The molecule has 142 valence electrons. The van der Waals surface area contributed by atoms with Crippen LogP contribution in [-0.2, 0) is 30.8 Å². The van der Waals surface area contributed by atoms with Crippen LogP contribution in [0.5, 0.6) is 0 Å². The van der Waals surface area contributed by atoms with Gasteiger partial charge in [-0.3, -0.25) is 9.48 Å². The van der Waals surface area contributed by atoms with Crippen molar-refractivity contribution in [2.45, 2.75) is 38.9 Å². The number of amides is 1. The SMILES string of the molecule is CN(Cc1nc2ccc(F)cc2[nH]1)C(=O)CCc1cc2n(n1)CCCNC2. The molecule has 0 bridgehead atoms. The number of carbonyl (C=O) groups is 1. The molecule has 0 atom stereocenters. The fraction of sp³-hybridized carbons (Fsp3) is 0.421. The van der Waals surface area contributed by atoms with Gasteiger partial charge in [-0.1, -0.05) is 0 Å². The van der Waals surface area contributed by atoms with Gasteiger partial charge in [0, 0.05) is 33.0 Å². The second kappa shape index (κ2) is 7.48. The number of halogens is 1. The van der Waals surface area contributed by atoms with Crippen molar-refractivity contribution < 1.29 is 9.18 Å². The highest BCUT2D eigenvalue weighted by Crippen LogP contribution is 2.15. The first-order chi connectivity index (χ1) is 13.1. The van der Waals surface area contributed by atoms with E-state index < -0.39 is 0 Å². The third kappa shape index (κ3) is 4.00. The van der Waals surface area contributed by atoms with Crippen LogP contribution >= 0.6 is 0 Å². The number of nitrogens with one attached hydrogen (secondary N) is 2.